The lowest BCUT2D eigenvalue weighted by Gasteiger charge is -2.35. The van der Waals surface area contributed by atoms with Crippen LogP contribution >= 0.6 is 24.8 Å². The lowest BCUT2D eigenvalue weighted by Crippen LogP contribution is -2.45. The maximum atomic E-state index is 13.3. The summed E-state index contributed by atoms with van der Waals surface area (Å²) in [6.07, 6.45) is 2.50. The van der Waals surface area contributed by atoms with E-state index in [2.05, 4.69) is 16.8 Å². The number of nitrogens with zero attached hydrogens (tertiary/aromatic N) is 1. The van der Waals surface area contributed by atoms with Crippen molar-refractivity contribution in [3.05, 3.63) is 36.2 Å². The Kier molecular flexibility index (Phi) is 8.66. The zero-order valence-corrected chi connectivity index (χ0v) is 13.4. The molecule has 0 unspecified atom stereocenters. The highest BCUT2D eigenvalue weighted by Crippen LogP contribution is 2.36. The van der Waals surface area contributed by atoms with Crippen molar-refractivity contribution in [2.24, 2.45) is 0 Å². The third kappa shape index (κ3) is 4.48. The van der Waals surface area contributed by atoms with Crippen molar-refractivity contribution in [1.29, 1.82) is 0 Å². The third-order valence-corrected chi connectivity index (χ3v) is 3.54. The van der Waals surface area contributed by atoms with E-state index in [1.165, 1.54) is 6.07 Å². The van der Waals surface area contributed by atoms with Gasteiger partial charge in [-0.2, -0.15) is 0 Å². The number of hydrogen-bond acceptors (Lipinski definition) is 4. The summed E-state index contributed by atoms with van der Waals surface area (Å²) in [5, 5.41) is 13.3. The first kappa shape index (κ1) is 20.0. The standard InChI is InChI=1S/C14H20FN3O.2ClH/c1-2-3-12(18-8-6-17-7-9-18)10-4-5-11(15)13(16)14(10)19;;/h2,4-5,12,17,19H,1,3,6-9,16H2;2*1H/t12-;;/m0../s1. The maximum Gasteiger partial charge on any atom is 0.149 e. The summed E-state index contributed by atoms with van der Waals surface area (Å²) >= 11 is 0. The molecule has 1 aromatic rings. The molecule has 0 amide bonds. The SMILES string of the molecule is C=CC[C@@H](c1ccc(F)c(N)c1O)N1CCNCC1.Cl.Cl. The van der Waals surface area contributed by atoms with Crippen LogP contribution in [0.25, 0.3) is 0 Å². The van der Waals surface area contributed by atoms with Gasteiger partial charge >= 0.3 is 0 Å². The van der Waals surface area contributed by atoms with Crippen LogP contribution < -0.4 is 11.1 Å². The number of aromatic hydroxyl groups is 1. The zero-order chi connectivity index (χ0) is 13.8. The summed E-state index contributed by atoms with van der Waals surface area (Å²) in [7, 11) is 0. The van der Waals surface area contributed by atoms with Gasteiger partial charge < -0.3 is 16.2 Å². The predicted molar refractivity (Wildman–Crippen MR) is 89.0 cm³/mol. The molecule has 1 aliphatic heterocycles. The summed E-state index contributed by atoms with van der Waals surface area (Å²) in [5.74, 6) is -0.732. The molecule has 0 radical (unpaired) electrons. The van der Waals surface area contributed by atoms with Gasteiger partial charge in [0.05, 0.1) is 0 Å². The van der Waals surface area contributed by atoms with Crippen LogP contribution in [0.4, 0.5) is 10.1 Å². The van der Waals surface area contributed by atoms with E-state index in [9.17, 15) is 9.50 Å². The van der Waals surface area contributed by atoms with Crippen LogP contribution in [0.5, 0.6) is 5.75 Å². The highest BCUT2D eigenvalue weighted by molar-refractivity contribution is 5.85. The van der Waals surface area contributed by atoms with E-state index in [1.807, 2.05) is 6.08 Å². The van der Waals surface area contributed by atoms with Gasteiger partial charge in [0.1, 0.15) is 17.3 Å². The van der Waals surface area contributed by atoms with Crippen molar-refractivity contribution in [1.82, 2.24) is 10.2 Å². The largest absolute Gasteiger partial charge is 0.505 e. The lowest BCUT2D eigenvalue weighted by atomic mass is 9.99. The van der Waals surface area contributed by atoms with Crippen molar-refractivity contribution in [2.45, 2.75) is 12.5 Å². The number of nitrogens with one attached hydrogen (secondary N) is 1. The average molecular weight is 338 g/mol. The van der Waals surface area contributed by atoms with E-state index in [4.69, 9.17) is 5.73 Å². The Morgan fingerprint density at radius 2 is 2.00 bits per heavy atom. The molecule has 0 aromatic heterocycles. The van der Waals surface area contributed by atoms with Crippen LogP contribution in [0.3, 0.4) is 0 Å². The van der Waals surface area contributed by atoms with E-state index in [1.54, 1.807) is 6.07 Å². The summed E-state index contributed by atoms with van der Waals surface area (Å²) in [4.78, 5) is 2.25. The molecule has 21 heavy (non-hydrogen) atoms. The van der Waals surface area contributed by atoms with Crippen molar-refractivity contribution in [3.63, 3.8) is 0 Å². The Morgan fingerprint density at radius 1 is 1.38 bits per heavy atom. The predicted octanol–water partition coefficient (Wildman–Crippen LogP) is 2.48. The summed E-state index contributed by atoms with van der Waals surface area (Å²) in [6, 6.07) is 2.90. The highest BCUT2D eigenvalue weighted by atomic mass is 35.5. The molecule has 2 rings (SSSR count). The summed E-state index contributed by atoms with van der Waals surface area (Å²) in [6.45, 7) is 7.35. The molecule has 0 bridgehead atoms. The van der Waals surface area contributed by atoms with E-state index in [0.717, 1.165) is 26.2 Å². The normalized spacial score (nSPS) is 16.4. The van der Waals surface area contributed by atoms with Crippen LogP contribution in [0.15, 0.2) is 24.8 Å². The van der Waals surface area contributed by atoms with Crippen molar-refractivity contribution >= 4 is 30.5 Å². The second-order valence-corrected chi connectivity index (χ2v) is 4.73. The van der Waals surface area contributed by atoms with Crippen LogP contribution in [0, 0.1) is 5.82 Å². The van der Waals surface area contributed by atoms with Crippen molar-refractivity contribution in [3.8, 4) is 5.75 Å². The fourth-order valence-electron chi connectivity index (χ4n) is 2.49. The number of rotatable bonds is 4. The van der Waals surface area contributed by atoms with Gasteiger partial charge in [-0.3, -0.25) is 4.90 Å². The lowest BCUT2D eigenvalue weighted by molar-refractivity contribution is 0.172. The fraction of sp³-hybridized carbons (Fsp3) is 0.429. The Morgan fingerprint density at radius 3 is 2.57 bits per heavy atom. The molecule has 1 fully saturated rings. The second-order valence-electron chi connectivity index (χ2n) is 4.73. The minimum Gasteiger partial charge on any atom is -0.505 e. The van der Waals surface area contributed by atoms with E-state index >= 15 is 0 Å². The molecule has 1 atom stereocenters. The van der Waals surface area contributed by atoms with Crippen LogP contribution in [-0.4, -0.2) is 36.2 Å². The van der Waals surface area contributed by atoms with Gasteiger partial charge in [0, 0.05) is 37.8 Å². The molecule has 1 saturated heterocycles. The molecular weight excluding hydrogens is 316 g/mol. The topological polar surface area (TPSA) is 61.5 Å². The number of nitrogens with two attached hydrogens (primary N) is 1. The fourth-order valence-corrected chi connectivity index (χ4v) is 2.49. The Bertz CT molecular complexity index is 468. The maximum absolute atomic E-state index is 13.3. The van der Waals surface area contributed by atoms with Gasteiger partial charge in [-0.25, -0.2) is 4.39 Å². The zero-order valence-electron chi connectivity index (χ0n) is 11.7. The van der Waals surface area contributed by atoms with Gasteiger partial charge in [-0.15, -0.1) is 31.4 Å². The molecular formula is C14H22Cl2FN3O. The van der Waals surface area contributed by atoms with Gasteiger partial charge in [-0.1, -0.05) is 12.1 Å². The van der Waals surface area contributed by atoms with Gasteiger partial charge in [0.25, 0.3) is 0 Å². The number of phenols is 1. The Hall–Kier alpha value is -1.01. The van der Waals surface area contributed by atoms with Crippen molar-refractivity contribution < 1.29 is 9.50 Å². The summed E-state index contributed by atoms with van der Waals surface area (Å²) < 4.78 is 13.3. The molecule has 7 heteroatoms. The van der Waals surface area contributed by atoms with Gasteiger partial charge in [0.2, 0.25) is 0 Å². The molecule has 4 nitrogen and oxygen atoms in total. The number of benzene rings is 1. The quantitative estimate of drug-likeness (QED) is 0.448. The van der Waals surface area contributed by atoms with Crippen molar-refractivity contribution in [2.75, 3.05) is 31.9 Å². The van der Waals surface area contributed by atoms with Gasteiger partial charge in [-0.05, 0) is 12.5 Å². The smallest absolute Gasteiger partial charge is 0.149 e. The first-order chi connectivity index (χ1) is 9.15. The van der Waals surface area contributed by atoms with Crippen LogP contribution in [-0.2, 0) is 0 Å². The van der Waals surface area contributed by atoms with Crippen LogP contribution in [0.2, 0.25) is 0 Å². The number of anilines is 1. The molecule has 4 N–H and O–H groups in total. The Labute approximate surface area is 137 Å². The number of hydrogen-bond donors (Lipinski definition) is 3. The molecule has 120 valence electrons. The Balaban J connectivity index is 0.00000200. The molecule has 1 aromatic carbocycles. The van der Waals surface area contributed by atoms with Gasteiger partial charge in [0.15, 0.2) is 0 Å². The number of nitrogen functional groups attached to an aromatic ring is 1. The monoisotopic (exact) mass is 337 g/mol. The molecule has 0 saturated carbocycles. The molecule has 0 aliphatic carbocycles. The number of phenolic OH excluding ortho intramolecular Hbond substituents is 1. The highest BCUT2D eigenvalue weighted by Gasteiger charge is 2.24. The minimum absolute atomic E-state index is 0. The minimum atomic E-state index is -0.584. The first-order valence-electron chi connectivity index (χ1n) is 6.47. The van der Waals surface area contributed by atoms with E-state index < -0.39 is 5.82 Å². The number of halogens is 3. The summed E-state index contributed by atoms with van der Waals surface area (Å²) in [5.41, 5.74) is 6.05. The molecule has 1 heterocycles. The van der Waals surface area contributed by atoms with E-state index in [0.29, 0.717) is 12.0 Å². The number of piperazine rings is 1. The second kappa shape index (κ2) is 9.10. The third-order valence-electron chi connectivity index (χ3n) is 3.54. The molecule has 1 aliphatic rings. The first-order valence-corrected chi connectivity index (χ1v) is 6.47. The average Bonchev–Trinajstić information content (AvgIpc) is 2.44. The van der Waals surface area contributed by atoms with E-state index in [-0.39, 0.29) is 42.3 Å². The van der Waals surface area contributed by atoms with Crippen LogP contribution in [0.1, 0.15) is 18.0 Å². The molecule has 0 spiro atoms.